The van der Waals surface area contributed by atoms with Gasteiger partial charge in [-0.15, -0.1) is 0 Å². The average molecular weight is 473 g/mol. The van der Waals surface area contributed by atoms with Gasteiger partial charge in [0.25, 0.3) is 0 Å². The van der Waals surface area contributed by atoms with Gasteiger partial charge < -0.3 is 15.2 Å². The summed E-state index contributed by atoms with van der Waals surface area (Å²) in [5.41, 5.74) is 6.12. The number of benzene rings is 3. The Hall–Kier alpha value is -4.13. The van der Waals surface area contributed by atoms with Crippen LogP contribution in [-0.4, -0.2) is 47.7 Å². The summed E-state index contributed by atoms with van der Waals surface area (Å²) >= 11 is 0. The molecule has 2 amide bonds. The molecule has 0 saturated carbocycles. The number of hydrogen-bond acceptors (Lipinski definition) is 4. The molecule has 0 spiro atoms. The maximum atomic E-state index is 12.9. The van der Waals surface area contributed by atoms with Gasteiger partial charge in [0.05, 0.1) is 0 Å². The van der Waals surface area contributed by atoms with Crippen molar-refractivity contribution in [2.24, 2.45) is 0 Å². The maximum absolute atomic E-state index is 12.9. The van der Waals surface area contributed by atoms with Crippen LogP contribution in [-0.2, 0) is 27.3 Å². The van der Waals surface area contributed by atoms with E-state index in [0.29, 0.717) is 6.54 Å². The Kier molecular flexibility index (Phi) is 7.15. The van der Waals surface area contributed by atoms with Crippen LogP contribution >= 0.6 is 0 Å². The van der Waals surface area contributed by atoms with E-state index in [2.05, 4.69) is 17.4 Å². The molecule has 35 heavy (non-hydrogen) atoms. The standard InChI is InChI=1S/C28H28N2O5/c1-18(31)29-16-20-13-11-19(12-14-20)15-26(27(32)33)30(2)28(34)35-17-25-23-9-5-3-7-21(23)22-8-4-6-10-24(22)25/h3-14,25-26H,15-17H2,1-2H3,(H,29,31)(H,32,33)/t26-/m0/s1. The van der Waals surface area contributed by atoms with E-state index in [1.54, 1.807) is 12.1 Å². The molecule has 0 unspecified atom stereocenters. The Morgan fingerprint density at radius 2 is 1.46 bits per heavy atom. The van der Waals surface area contributed by atoms with E-state index in [0.717, 1.165) is 38.3 Å². The van der Waals surface area contributed by atoms with Crippen molar-refractivity contribution < 1.29 is 24.2 Å². The average Bonchev–Trinajstić information content (AvgIpc) is 3.18. The van der Waals surface area contributed by atoms with Gasteiger partial charge in [-0.25, -0.2) is 9.59 Å². The third-order valence-corrected chi connectivity index (χ3v) is 6.37. The Morgan fingerprint density at radius 1 is 0.914 bits per heavy atom. The molecule has 0 aliphatic heterocycles. The lowest BCUT2D eigenvalue weighted by molar-refractivity contribution is -0.142. The van der Waals surface area contributed by atoms with Gasteiger partial charge in [-0.2, -0.15) is 0 Å². The first-order chi connectivity index (χ1) is 16.8. The highest BCUT2D eigenvalue weighted by atomic mass is 16.6. The first-order valence-corrected chi connectivity index (χ1v) is 11.5. The Labute approximate surface area is 204 Å². The molecule has 0 aromatic heterocycles. The number of hydrogen-bond donors (Lipinski definition) is 2. The molecular formula is C28H28N2O5. The number of rotatable bonds is 8. The predicted molar refractivity (Wildman–Crippen MR) is 132 cm³/mol. The second-order valence-electron chi connectivity index (χ2n) is 8.70. The highest BCUT2D eigenvalue weighted by molar-refractivity contribution is 5.81. The third-order valence-electron chi connectivity index (χ3n) is 6.37. The van der Waals surface area contributed by atoms with Crippen molar-refractivity contribution in [1.82, 2.24) is 10.2 Å². The SMILES string of the molecule is CC(=O)NCc1ccc(C[C@@H](C(=O)O)N(C)C(=O)OCC2c3ccccc3-c3ccccc32)cc1. The largest absolute Gasteiger partial charge is 0.480 e. The molecule has 0 bridgehead atoms. The number of carbonyl (C=O) groups is 3. The molecule has 0 saturated heterocycles. The topological polar surface area (TPSA) is 95.9 Å². The van der Waals surface area contributed by atoms with Crippen molar-refractivity contribution in [2.75, 3.05) is 13.7 Å². The number of amides is 2. The summed E-state index contributed by atoms with van der Waals surface area (Å²) < 4.78 is 5.63. The normalized spacial score (nSPS) is 12.9. The molecular weight excluding hydrogens is 444 g/mol. The Morgan fingerprint density at radius 3 is 2.00 bits per heavy atom. The van der Waals surface area contributed by atoms with Crippen molar-refractivity contribution in [3.05, 3.63) is 95.1 Å². The van der Waals surface area contributed by atoms with Crippen molar-refractivity contribution in [1.29, 1.82) is 0 Å². The molecule has 180 valence electrons. The summed E-state index contributed by atoms with van der Waals surface area (Å²) in [7, 11) is 1.45. The number of nitrogens with zero attached hydrogens (tertiary/aromatic N) is 1. The molecule has 0 fully saturated rings. The third kappa shape index (κ3) is 5.35. The molecule has 0 radical (unpaired) electrons. The number of carbonyl (C=O) groups excluding carboxylic acids is 2. The van der Waals surface area contributed by atoms with E-state index >= 15 is 0 Å². The van der Waals surface area contributed by atoms with Crippen LogP contribution in [0.1, 0.15) is 35.1 Å². The first kappa shape index (κ1) is 24.0. The minimum atomic E-state index is -1.11. The smallest absolute Gasteiger partial charge is 0.410 e. The number of aliphatic carboxylic acids is 1. The van der Waals surface area contributed by atoms with Crippen LogP contribution in [0.5, 0.6) is 0 Å². The first-order valence-electron chi connectivity index (χ1n) is 11.5. The van der Waals surface area contributed by atoms with Crippen LogP contribution < -0.4 is 5.32 Å². The maximum Gasteiger partial charge on any atom is 0.410 e. The van der Waals surface area contributed by atoms with Gasteiger partial charge in [-0.1, -0.05) is 72.8 Å². The number of nitrogens with one attached hydrogen (secondary N) is 1. The highest BCUT2D eigenvalue weighted by Gasteiger charge is 2.32. The Balaban J connectivity index is 1.41. The van der Waals surface area contributed by atoms with E-state index in [4.69, 9.17) is 4.74 Å². The zero-order valence-electron chi connectivity index (χ0n) is 19.7. The van der Waals surface area contributed by atoms with Crippen LogP contribution in [0.25, 0.3) is 11.1 Å². The van der Waals surface area contributed by atoms with E-state index in [9.17, 15) is 19.5 Å². The second-order valence-corrected chi connectivity index (χ2v) is 8.70. The number of fused-ring (bicyclic) bond motifs is 3. The van der Waals surface area contributed by atoms with Crippen LogP contribution in [0.4, 0.5) is 4.79 Å². The molecule has 1 aliphatic carbocycles. The second kappa shape index (κ2) is 10.4. The number of ether oxygens (including phenoxy) is 1. The van der Waals surface area contributed by atoms with Gasteiger partial charge in [0, 0.05) is 32.9 Å². The number of carboxylic acids is 1. The van der Waals surface area contributed by atoms with Gasteiger partial charge in [0.1, 0.15) is 12.6 Å². The molecule has 7 heteroatoms. The van der Waals surface area contributed by atoms with Gasteiger partial charge in [0.15, 0.2) is 0 Å². The zero-order valence-corrected chi connectivity index (χ0v) is 19.7. The molecule has 3 aromatic rings. The quantitative estimate of drug-likeness (QED) is 0.512. The summed E-state index contributed by atoms with van der Waals surface area (Å²) in [5.74, 6) is -1.33. The van der Waals surface area contributed by atoms with E-state index < -0.39 is 18.1 Å². The Bertz CT molecular complexity index is 1190. The van der Waals surface area contributed by atoms with Crippen molar-refractivity contribution in [3.63, 3.8) is 0 Å². The van der Waals surface area contributed by atoms with Crippen LogP contribution in [0.15, 0.2) is 72.8 Å². The lowest BCUT2D eigenvalue weighted by atomic mass is 9.98. The van der Waals surface area contributed by atoms with Gasteiger partial charge in [0.2, 0.25) is 5.91 Å². The predicted octanol–water partition coefficient (Wildman–Crippen LogP) is 4.20. The molecule has 2 N–H and O–H groups in total. The monoisotopic (exact) mass is 472 g/mol. The van der Waals surface area contributed by atoms with Crippen molar-refractivity contribution >= 4 is 18.0 Å². The van der Waals surface area contributed by atoms with Crippen molar-refractivity contribution in [3.8, 4) is 11.1 Å². The van der Waals surface area contributed by atoms with E-state index in [-0.39, 0.29) is 24.9 Å². The highest BCUT2D eigenvalue weighted by Crippen LogP contribution is 2.44. The zero-order chi connectivity index (χ0) is 24.9. The summed E-state index contributed by atoms with van der Waals surface area (Å²) in [5, 5.41) is 12.5. The van der Waals surface area contributed by atoms with E-state index in [1.807, 2.05) is 48.5 Å². The molecule has 3 aromatic carbocycles. The minimum Gasteiger partial charge on any atom is -0.480 e. The number of carboxylic acid groups (broad SMARTS) is 1. The lowest BCUT2D eigenvalue weighted by Gasteiger charge is -2.25. The fourth-order valence-electron chi connectivity index (χ4n) is 4.46. The summed E-state index contributed by atoms with van der Waals surface area (Å²) in [6, 6.07) is 22.3. The van der Waals surface area contributed by atoms with Gasteiger partial charge in [-0.3, -0.25) is 9.69 Å². The number of likely N-dealkylation sites (N-methyl/N-ethyl adjacent to an activating group) is 1. The molecule has 4 rings (SSSR count). The van der Waals surface area contributed by atoms with E-state index in [1.165, 1.54) is 14.0 Å². The van der Waals surface area contributed by atoms with Gasteiger partial charge in [-0.05, 0) is 33.4 Å². The van der Waals surface area contributed by atoms with Gasteiger partial charge >= 0.3 is 12.1 Å². The van der Waals surface area contributed by atoms with Crippen LogP contribution in [0.2, 0.25) is 0 Å². The fourth-order valence-corrected chi connectivity index (χ4v) is 4.46. The van der Waals surface area contributed by atoms with Crippen molar-refractivity contribution in [2.45, 2.75) is 31.8 Å². The summed E-state index contributed by atoms with van der Waals surface area (Å²) in [6.45, 7) is 1.98. The molecule has 7 nitrogen and oxygen atoms in total. The molecule has 1 atom stereocenters. The lowest BCUT2D eigenvalue weighted by Crippen LogP contribution is -2.44. The minimum absolute atomic E-state index is 0.0980. The molecule has 1 aliphatic rings. The summed E-state index contributed by atoms with van der Waals surface area (Å²) in [4.78, 5) is 37.1. The fraction of sp³-hybridized carbons (Fsp3) is 0.250. The van der Waals surface area contributed by atoms with Crippen LogP contribution in [0, 0.1) is 0 Å². The van der Waals surface area contributed by atoms with Crippen LogP contribution in [0.3, 0.4) is 0 Å². The summed E-state index contributed by atoms with van der Waals surface area (Å²) in [6.07, 6.45) is -0.544. The molecule has 0 heterocycles.